The van der Waals surface area contributed by atoms with Crippen molar-refractivity contribution in [1.29, 1.82) is 0 Å². The Kier molecular flexibility index (Phi) is 3.29. The average Bonchev–Trinajstić information content (AvgIpc) is 3.11. The van der Waals surface area contributed by atoms with Crippen molar-refractivity contribution in [3.63, 3.8) is 0 Å². The zero-order chi connectivity index (χ0) is 13.5. The first kappa shape index (κ1) is 12.8. The fourth-order valence-corrected chi connectivity index (χ4v) is 5.51. The lowest BCUT2D eigenvalue weighted by molar-refractivity contribution is -0.117. The summed E-state index contributed by atoms with van der Waals surface area (Å²) in [6, 6.07) is 0. The van der Waals surface area contributed by atoms with Gasteiger partial charge in [-0.05, 0) is 62.7 Å². The molecule has 4 heteroatoms. The summed E-state index contributed by atoms with van der Waals surface area (Å²) in [6.45, 7) is 0. The summed E-state index contributed by atoms with van der Waals surface area (Å²) in [4.78, 5) is 18.2. The molecule has 3 atom stereocenters. The van der Waals surface area contributed by atoms with Crippen molar-refractivity contribution >= 4 is 22.4 Å². The molecular formula is C16H22N2OS. The second-order valence-electron chi connectivity index (χ2n) is 6.78. The Morgan fingerprint density at radius 2 is 2.15 bits per heavy atom. The van der Waals surface area contributed by atoms with E-state index in [1.807, 2.05) is 0 Å². The standard InChI is InChI=1S/C16H22N2OS/c19-15(9-12-8-10-5-6-11(12)7-10)18-16-17-13-3-1-2-4-14(13)20-16/h10-12H,1-9H2,(H,17,18,19). The van der Waals surface area contributed by atoms with Gasteiger partial charge in [0, 0.05) is 11.3 Å². The van der Waals surface area contributed by atoms with Gasteiger partial charge in [0.25, 0.3) is 0 Å². The van der Waals surface area contributed by atoms with Crippen LogP contribution in [0.5, 0.6) is 0 Å². The number of hydrogen-bond donors (Lipinski definition) is 1. The molecule has 108 valence electrons. The van der Waals surface area contributed by atoms with Crippen LogP contribution >= 0.6 is 11.3 Å². The minimum Gasteiger partial charge on any atom is -0.302 e. The number of aromatic nitrogens is 1. The van der Waals surface area contributed by atoms with Gasteiger partial charge in [0.05, 0.1) is 5.69 Å². The minimum absolute atomic E-state index is 0.189. The van der Waals surface area contributed by atoms with E-state index in [1.165, 1.54) is 49.1 Å². The van der Waals surface area contributed by atoms with Gasteiger partial charge in [0.2, 0.25) is 5.91 Å². The van der Waals surface area contributed by atoms with E-state index < -0.39 is 0 Å². The topological polar surface area (TPSA) is 42.0 Å². The van der Waals surface area contributed by atoms with E-state index in [0.29, 0.717) is 12.3 Å². The number of nitrogens with one attached hydrogen (secondary N) is 1. The number of aryl methyl sites for hydroxylation is 2. The molecule has 3 unspecified atom stereocenters. The Balaban J connectivity index is 1.36. The monoisotopic (exact) mass is 290 g/mol. The van der Waals surface area contributed by atoms with Gasteiger partial charge in [-0.2, -0.15) is 0 Å². The fraction of sp³-hybridized carbons (Fsp3) is 0.750. The lowest BCUT2D eigenvalue weighted by Gasteiger charge is -2.20. The predicted molar refractivity (Wildman–Crippen MR) is 80.9 cm³/mol. The molecule has 1 heterocycles. The van der Waals surface area contributed by atoms with Crippen LogP contribution in [0.1, 0.15) is 55.5 Å². The SMILES string of the molecule is O=C(CC1CC2CCC1C2)Nc1nc2c(s1)CCCC2. The lowest BCUT2D eigenvalue weighted by Crippen LogP contribution is -2.20. The molecule has 4 rings (SSSR count). The first-order chi connectivity index (χ1) is 9.78. The Bertz CT molecular complexity index is 501. The van der Waals surface area contributed by atoms with E-state index in [4.69, 9.17) is 0 Å². The van der Waals surface area contributed by atoms with Crippen LogP contribution in [0, 0.1) is 17.8 Å². The second-order valence-corrected chi connectivity index (χ2v) is 7.87. The number of fused-ring (bicyclic) bond motifs is 3. The van der Waals surface area contributed by atoms with E-state index in [9.17, 15) is 4.79 Å². The van der Waals surface area contributed by atoms with Crippen molar-refractivity contribution < 1.29 is 4.79 Å². The zero-order valence-electron chi connectivity index (χ0n) is 11.9. The maximum atomic E-state index is 12.2. The zero-order valence-corrected chi connectivity index (χ0v) is 12.7. The third-order valence-corrected chi connectivity index (χ3v) is 6.50. The molecule has 0 aromatic carbocycles. The summed E-state index contributed by atoms with van der Waals surface area (Å²) in [5, 5.41) is 3.89. The highest BCUT2D eigenvalue weighted by atomic mass is 32.1. The third kappa shape index (κ3) is 2.39. The van der Waals surface area contributed by atoms with Crippen LogP contribution in [0.15, 0.2) is 0 Å². The first-order valence-electron chi connectivity index (χ1n) is 8.06. The molecule has 2 fully saturated rings. The first-order valence-corrected chi connectivity index (χ1v) is 8.88. The minimum atomic E-state index is 0.189. The van der Waals surface area contributed by atoms with Crippen LogP contribution in [0.3, 0.4) is 0 Å². The summed E-state index contributed by atoms with van der Waals surface area (Å²) in [5.74, 6) is 2.58. The molecule has 1 N–H and O–H groups in total. The fourth-order valence-electron chi connectivity index (χ4n) is 4.44. The van der Waals surface area contributed by atoms with Gasteiger partial charge in [-0.15, -0.1) is 11.3 Å². The molecule has 1 aromatic heterocycles. The highest BCUT2D eigenvalue weighted by Gasteiger charge is 2.40. The molecule has 1 aromatic rings. The summed E-state index contributed by atoms with van der Waals surface area (Å²) in [7, 11) is 0. The molecule has 2 bridgehead atoms. The molecule has 3 aliphatic rings. The number of anilines is 1. The summed E-state index contributed by atoms with van der Waals surface area (Å²) >= 11 is 1.69. The normalized spacial score (nSPS) is 31.3. The number of carbonyl (C=O) groups excluding carboxylic acids is 1. The maximum absolute atomic E-state index is 12.2. The summed E-state index contributed by atoms with van der Waals surface area (Å²) in [5.41, 5.74) is 1.23. The number of rotatable bonds is 3. The van der Waals surface area contributed by atoms with E-state index in [0.717, 1.165) is 29.8 Å². The van der Waals surface area contributed by atoms with E-state index in [2.05, 4.69) is 10.3 Å². The molecule has 3 aliphatic carbocycles. The number of hydrogen-bond acceptors (Lipinski definition) is 3. The Morgan fingerprint density at radius 1 is 1.25 bits per heavy atom. The Labute approximate surface area is 124 Å². The molecule has 3 nitrogen and oxygen atoms in total. The molecular weight excluding hydrogens is 268 g/mol. The average molecular weight is 290 g/mol. The predicted octanol–water partition coefficient (Wildman–Crippen LogP) is 3.79. The van der Waals surface area contributed by atoms with Gasteiger partial charge in [-0.25, -0.2) is 4.98 Å². The highest BCUT2D eigenvalue weighted by molar-refractivity contribution is 7.15. The molecule has 2 saturated carbocycles. The van der Waals surface area contributed by atoms with Crippen molar-refractivity contribution in [2.45, 2.75) is 57.8 Å². The van der Waals surface area contributed by atoms with Crippen molar-refractivity contribution in [3.05, 3.63) is 10.6 Å². The smallest absolute Gasteiger partial charge is 0.226 e. The Hall–Kier alpha value is -0.900. The number of thiazole rings is 1. The summed E-state index contributed by atoms with van der Waals surface area (Å²) in [6.07, 6.45) is 10.9. The van der Waals surface area contributed by atoms with Crippen molar-refractivity contribution in [2.24, 2.45) is 17.8 Å². The molecule has 0 aliphatic heterocycles. The van der Waals surface area contributed by atoms with E-state index >= 15 is 0 Å². The molecule has 0 spiro atoms. The van der Waals surface area contributed by atoms with E-state index in [1.54, 1.807) is 11.3 Å². The number of carbonyl (C=O) groups is 1. The van der Waals surface area contributed by atoms with Gasteiger partial charge >= 0.3 is 0 Å². The van der Waals surface area contributed by atoms with Gasteiger partial charge in [0.15, 0.2) is 5.13 Å². The summed E-state index contributed by atoms with van der Waals surface area (Å²) < 4.78 is 0. The molecule has 1 amide bonds. The lowest BCUT2D eigenvalue weighted by atomic mass is 9.86. The van der Waals surface area contributed by atoms with Gasteiger partial charge < -0.3 is 5.32 Å². The van der Waals surface area contributed by atoms with Crippen LogP contribution in [-0.4, -0.2) is 10.9 Å². The van der Waals surface area contributed by atoms with Crippen molar-refractivity contribution in [2.75, 3.05) is 5.32 Å². The highest BCUT2D eigenvalue weighted by Crippen LogP contribution is 2.49. The van der Waals surface area contributed by atoms with Crippen LogP contribution in [0.4, 0.5) is 5.13 Å². The molecule has 20 heavy (non-hydrogen) atoms. The maximum Gasteiger partial charge on any atom is 0.226 e. The van der Waals surface area contributed by atoms with Crippen molar-refractivity contribution in [3.8, 4) is 0 Å². The van der Waals surface area contributed by atoms with E-state index in [-0.39, 0.29) is 5.91 Å². The van der Waals surface area contributed by atoms with Crippen LogP contribution < -0.4 is 5.32 Å². The largest absolute Gasteiger partial charge is 0.302 e. The number of amides is 1. The van der Waals surface area contributed by atoms with Gasteiger partial charge in [-0.1, -0.05) is 6.42 Å². The molecule has 0 saturated heterocycles. The van der Waals surface area contributed by atoms with Gasteiger partial charge in [-0.3, -0.25) is 4.79 Å². The Morgan fingerprint density at radius 3 is 2.90 bits per heavy atom. The van der Waals surface area contributed by atoms with Gasteiger partial charge in [0.1, 0.15) is 0 Å². The quantitative estimate of drug-likeness (QED) is 0.920. The van der Waals surface area contributed by atoms with Crippen molar-refractivity contribution in [1.82, 2.24) is 4.98 Å². The third-order valence-electron chi connectivity index (χ3n) is 5.42. The van der Waals surface area contributed by atoms with Crippen LogP contribution in [0.2, 0.25) is 0 Å². The van der Waals surface area contributed by atoms with Crippen LogP contribution in [0.25, 0.3) is 0 Å². The number of nitrogens with zero attached hydrogens (tertiary/aromatic N) is 1. The molecule has 0 radical (unpaired) electrons. The second kappa shape index (κ2) is 5.14. The van der Waals surface area contributed by atoms with Crippen LogP contribution in [-0.2, 0) is 17.6 Å².